The summed E-state index contributed by atoms with van der Waals surface area (Å²) in [7, 11) is 1.62. The van der Waals surface area contributed by atoms with Crippen LogP contribution < -0.4 is 10.1 Å². The van der Waals surface area contributed by atoms with Gasteiger partial charge in [0.05, 0.1) is 25.7 Å². The quantitative estimate of drug-likeness (QED) is 0.630. The minimum Gasteiger partial charge on any atom is -0.497 e. The summed E-state index contributed by atoms with van der Waals surface area (Å²) in [4.78, 5) is 29.8. The number of nitrogens with zero attached hydrogens (tertiary/aromatic N) is 2. The summed E-state index contributed by atoms with van der Waals surface area (Å²) in [6.07, 6.45) is 1.86. The molecule has 0 spiro atoms. The number of amides is 2. The summed E-state index contributed by atoms with van der Waals surface area (Å²) in [6, 6.07) is 14.8. The summed E-state index contributed by atoms with van der Waals surface area (Å²) < 4.78 is 5.25. The summed E-state index contributed by atoms with van der Waals surface area (Å²) in [5.41, 5.74) is 1.91. The number of halogens is 1. The molecule has 7 nitrogen and oxygen atoms in total. The van der Waals surface area contributed by atoms with E-state index < -0.39 is 6.10 Å². The van der Waals surface area contributed by atoms with Crippen molar-refractivity contribution in [2.45, 2.75) is 50.4 Å². The van der Waals surface area contributed by atoms with Crippen LogP contribution in [0.15, 0.2) is 48.5 Å². The van der Waals surface area contributed by atoms with Gasteiger partial charge < -0.3 is 20.1 Å². The molecule has 0 unspecified atom stereocenters. The molecule has 0 saturated carbocycles. The molecule has 182 valence electrons. The van der Waals surface area contributed by atoms with Crippen LogP contribution >= 0.6 is 11.6 Å². The molecule has 2 saturated heterocycles. The molecule has 0 bridgehead atoms. The number of nitrogens with one attached hydrogen (secondary N) is 1. The Morgan fingerprint density at radius 3 is 2.56 bits per heavy atom. The minimum absolute atomic E-state index is 0.0689. The zero-order valence-electron chi connectivity index (χ0n) is 19.5. The average molecular weight is 486 g/mol. The molecular formula is C26H32ClN3O4. The van der Waals surface area contributed by atoms with Crippen LogP contribution in [0.2, 0.25) is 5.02 Å². The van der Waals surface area contributed by atoms with Gasteiger partial charge >= 0.3 is 0 Å². The van der Waals surface area contributed by atoms with E-state index in [2.05, 4.69) is 10.2 Å². The lowest BCUT2D eigenvalue weighted by molar-refractivity contribution is -0.133. The standard InChI is InChI=1S/C26H32ClN3O4/c1-34-23-4-2-3-19(13-23)16-28-26(33)24-15-22(31)17-30(24)21-9-11-29(12-10-21)25(32)14-18-5-7-20(27)8-6-18/h2-8,13,21-22,24,31H,9-12,14-17H2,1H3,(H,28,33)/t22-,24+/m1/s1. The molecule has 4 rings (SSSR count). The smallest absolute Gasteiger partial charge is 0.237 e. The van der Waals surface area contributed by atoms with Gasteiger partial charge in [0.2, 0.25) is 11.8 Å². The summed E-state index contributed by atoms with van der Waals surface area (Å²) in [5.74, 6) is 0.789. The van der Waals surface area contributed by atoms with Gasteiger partial charge in [-0.2, -0.15) is 0 Å². The molecule has 0 aromatic heterocycles. The van der Waals surface area contributed by atoms with Crippen LogP contribution in [0.1, 0.15) is 30.4 Å². The number of methoxy groups -OCH3 is 1. The van der Waals surface area contributed by atoms with Gasteiger partial charge in [0.15, 0.2) is 0 Å². The molecule has 0 aliphatic carbocycles. The number of carbonyl (C=O) groups is 2. The zero-order valence-corrected chi connectivity index (χ0v) is 20.2. The van der Waals surface area contributed by atoms with Crippen molar-refractivity contribution in [3.8, 4) is 5.75 Å². The van der Waals surface area contributed by atoms with Crippen LogP contribution in [0, 0.1) is 0 Å². The van der Waals surface area contributed by atoms with E-state index in [-0.39, 0.29) is 23.9 Å². The minimum atomic E-state index is -0.517. The third-order valence-electron chi connectivity index (χ3n) is 6.78. The molecule has 2 aliphatic heterocycles. The fraction of sp³-hybridized carbons (Fsp3) is 0.462. The maximum Gasteiger partial charge on any atom is 0.237 e. The Labute approximate surface area is 205 Å². The highest BCUT2D eigenvalue weighted by Crippen LogP contribution is 2.27. The number of aliphatic hydroxyl groups excluding tert-OH is 1. The Bertz CT molecular complexity index is 992. The Balaban J connectivity index is 1.30. The van der Waals surface area contributed by atoms with Gasteiger partial charge in [0.1, 0.15) is 5.75 Å². The number of ether oxygens (including phenoxy) is 1. The normalized spacial score (nSPS) is 21.4. The third-order valence-corrected chi connectivity index (χ3v) is 7.03. The number of hydrogen-bond acceptors (Lipinski definition) is 5. The fourth-order valence-electron chi connectivity index (χ4n) is 4.92. The van der Waals surface area contributed by atoms with Gasteiger partial charge in [-0.15, -0.1) is 0 Å². The molecule has 2 amide bonds. The number of aliphatic hydroxyl groups is 1. The first-order valence-corrected chi connectivity index (χ1v) is 12.2. The van der Waals surface area contributed by atoms with Crippen LogP contribution in [0.3, 0.4) is 0 Å². The second kappa shape index (κ2) is 11.2. The second-order valence-electron chi connectivity index (χ2n) is 9.09. The largest absolute Gasteiger partial charge is 0.497 e. The van der Waals surface area contributed by atoms with Crippen LogP contribution in [0.25, 0.3) is 0 Å². The molecular weight excluding hydrogens is 454 g/mol. The Morgan fingerprint density at radius 1 is 1.12 bits per heavy atom. The highest BCUT2D eigenvalue weighted by Gasteiger charge is 2.40. The lowest BCUT2D eigenvalue weighted by Crippen LogP contribution is -2.52. The van der Waals surface area contributed by atoms with Crippen molar-refractivity contribution in [2.24, 2.45) is 0 Å². The second-order valence-corrected chi connectivity index (χ2v) is 9.52. The topological polar surface area (TPSA) is 82.1 Å². The van der Waals surface area contributed by atoms with Crippen molar-refractivity contribution < 1.29 is 19.4 Å². The number of β-amino-alcohol motifs (C(OH)–C–C–N with tert-alkyl or cyclic N) is 1. The lowest BCUT2D eigenvalue weighted by Gasteiger charge is -2.39. The molecule has 0 radical (unpaired) electrons. The van der Waals surface area contributed by atoms with Crippen LogP contribution in [0.5, 0.6) is 5.75 Å². The first-order valence-electron chi connectivity index (χ1n) is 11.8. The first-order chi connectivity index (χ1) is 16.4. The number of carbonyl (C=O) groups excluding carboxylic acids is 2. The summed E-state index contributed by atoms with van der Waals surface area (Å²) in [6.45, 7) is 2.21. The lowest BCUT2D eigenvalue weighted by atomic mass is 10.0. The van der Waals surface area contributed by atoms with Crippen molar-refractivity contribution in [1.29, 1.82) is 0 Å². The number of benzene rings is 2. The monoisotopic (exact) mass is 485 g/mol. The van der Waals surface area contributed by atoms with E-state index in [4.69, 9.17) is 16.3 Å². The molecule has 8 heteroatoms. The molecule has 2 aromatic carbocycles. The zero-order chi connectivity index (χ0) is 24.1. The van der Waals surface area contributed by atoms with Gasteiger partial charge in [-0.25, -0.2) is 0 Å². The highest BCUT2D eigenvalue weighted by molar-refractivity contribution is 6.30. The van der Waals surface area contributed by atoms with E-state index in [1.807, 2.05) is 41.3 Å². The van der Waals surface area contributed by atoms with E-state index in [1.54, 1.807) is 19.2 Å². The van der Waals surface area contributed by atoms with Crippen molar-refractivity contribution in [3.63, 3.8) is 0 Å². The van der Waals surface area contributed by atoms with Gasteiger partial charge in [-0.1, -0.05) is 35.9 Å². The van der Waals surface area contributed by atoms with Crippen molar-refractivity contribution in [1.82, 2.24) is 15.1 Å². The van der Waals surface area contributed by atoms with E-state index >= 15 is 0 Å². The maximum atomic E-state index is 13.0. The molecule has 2 atom stereocenters. The Kier molecular flexibility index (Phi) is 8.08. The fourth-order valence-corrected chi connectivity index (χ4v) is 5.05. The Hall–Kier alpha value is -2.61. The molecule has 2 aliphatic rings. The van der Waals surface area contributed by atoms with E-state index in [0.29, 0.717) is 44.0 Å². The number of likely N-dealkylation sites (tertiary alicyclic amines) is 2. The van der Waals surface area contributed by atoms with Crippen molar-refractivity contribution in [2.75, 3.05) is 26.7 Å². The van der Waals surface area contributed by atoms with Crippen LogP contribution in [-0.2, 0) is 22.6 Å². The molecule has 2 heterocycles. The average Bonchev–Trinajstić information content (AvgIpc) is 3.26. The number of hydrogen-bond donors (Lipinski definition) is 2. The van der Waals surface area contributed by atoms with E-state index in [9.17, 15) is 14.7 Å². The number of rotatable bonds is 7. The highest BCUT2D eigenvalue weighted by atomic mass is 35.5. The van der Waals surface area contributed by atoms with Crippen LogP contribution in [0.4, 0.5) is 0 Å². The SMILES string of the molecule is COc1cccc(CNC(=O)[C@@H]2C[C@@H](O)CN2C2CCN(C(=O)Cc3ccc(Cl)cc3)CC2)c1. The predicted molar refractivity (Wildman–Crippen MR) is 131 cm³/mol. The van der Waals surface area contributed by atoms with E-state index in [0.717, 1.165) is 29.7 Å². The maximum absolute atomic E-state index is 13.0. The molecule has 2 aromatic rings. The third kappa shape index (κ3) is 6.09. The van der Waals surface area contributed by atoms with Gasteiger partial charge in [-0.3, -0.25) is 14.5 Å². The van der Waals surface area contributed by atoms with Gasteiger partial charge in [-0.05, 0) is 54.7 Å². The van der Waals surface area contributed by atoms with Crippen molar-refractivity contribution in [3.05, 3.63) is 64.7 Å². The summed E-state index contributed by atoms with van der Waals surface area (Å²) >= 11 is 5.93. The van der Waals surface area contributed by atoms with Crippen LogP contribution in [-0.4, -0.2) is 71.7 Å². The number of piperidine rings is 1. The molecule has 34 heavy (non-hydrogen) atoms. The van der Waals surface area contributed by atoms with Gasteiger partial charge in [0.25, 0.3) is 0 Å². The van der Waals surface area contributed by atoms with Gasteiger partial charge in [0, 0.05) is 37.2 Å². The van der Waals surface area contributed by atoms with E-state index in [1.165, 1.54) is 0 Å². The summed E-state index contributed by atoms with van der Waals surface area (Å²) in [5, 5.41) is 14.0. The Morgan fingerprint density at radius 2 is 1.85 bits per heavy atom. The molecule has 2 N–H and O–H groups in total. The first kappa shape index (κ1) is 24.5. The van der Waals surface area contributed by atoms with Crippen molar-refractivity contribution >= 4 is 23.4 Å². The predicted octanol–water partition coefficient (Wildman–Crippen LogP) is 2.63. The molecule has 2 fully saturated rings.